The molecular weight excluding hydrogens is 444 g/mol. The molecule has 1 aliphatic heterocycles. The van der Waals surface area contributed by atoms with Gasteiger partial charge in [0.1, 0.15) is 11.9 Å². The number of hydrazine groups is 1. The maximum absolute atomic E-state index is 13.8. The Morgan fingerprint density at radius 1 is 1.21 bits per heavy atom. The van der Waals surface area contributed by atoms with Crippen molar-refractivity contribution in [2.75, 3.05) is 0 Å². The molecule has 1 saturated heterocycles. The van der Waals surface area contributed by atoms with Crippen molar-refractivity contribution in [1.29, 1.82) is 0 Å². The number of carbonyl (C=O) groups excluding carboxylic acids is 2. The smallest absolute Gasteiger partial charge is 0.433 e. The number of ether oxygens (including phenoxy) is 1. The summed E-state index contributed by atoms with van der Waals surface area (Å²) >= 11 is 0. The van der Waals surface area contributed by atoms with Gasteiger partial charge in [0.25, 0.3) is 0 Å². The van der Waals surface area contributed by atoms with Crippen LogP contribution in [0.5, 0.6) is 0 Å². The molecule has 4 rings (SSSR count). The molecule has 1 fully saturated rings. The van der Waals surface area contributed by atoms with Crippen molar-refractivity contribution in [3.05, 3.63) is 77.4 Å². The minimum Gasteiger partial charge on any atom is -0.438 e. The molecule has 2 aromatic carbocycles. The van der Waals surface area contributed by atoms with Gasteiger partial charge >= 0.3 is 18.3 Å². The average Bonchev–Trinajstić information content (AvgIpc) is 2.77. The fraction of sp³-hybridized carbons (Fsp3) is 0.227. The Bertz CT molecular complexity index is 1210. The molecule has 0 bridgehead atoms. The van der Waals surface area contributed by atoms with Crippen molar-refractivity contribution in [2.45, 2.75) is 31.8 Å². The third kappa shape index (κ3) is 4.72. The largest absolute Gasteiger partial charge is 0.438 e. The van der Waals surface area contributed by atoms with E-state index in [0.717, 1.165) is 22.4 Å². The Balaban J connectivity index is 1.46. The number of carbonyl (C=O) groups is 2. The molecule has 11 heteroatoms. The molecule has 3 aromatic rings. The lowest BCUT2D eigenvalue weighted by molar-refractivity contribution is -0.137. The van der Waals surface area contributed by atoms with Gasteiger partial charge in [-0.15, -0.1) is 0 Å². The number of pyridine rings is 1. The zero-order valence-corrected chi connectivity index (χ0v) is 17.2. The monoisotopic (exact) mass is 462 g/mol. The molecule has 2 heterocycles. The van der Waals surface area contributed by atoms with Crippen LogP contribution >= 0.6 is 0 Å². The first-order valence-corrected chi connectivity index (χ1v) is 9.87. The van der Waals surface area contributed by atoms with Crippen LogP contribution in [0.25, 0.3) is 10.8 Å². The number of fused-ring (bicyclic) bond motifs is 1. The number of imide groups is 1. The first kappa shape index (κ1) is 22.5. The Hall–Kier alpha value is -3.73. The van der Waals surface area contributed by atoms with Crippen LogP contribution in [0, 0.1) is 5.82 Å². The number of alkyl halides is 3. The van der Waals surface area contributed by atoms with Crippen molar-refractivity contribution >= 4 is 22.9 Å². The standard InChI is InChI=1S/C22H18F4N4O3/c1-12-19(14-6-16(22(24,25)26)8-17(23)7-14)33-21(32)30(29-12)20(31)28-11-15-10-27-9-13-4-2-3-5-18(13)15/h2-10,12,19,29H,11H2,1H3,(H,28,31)/t12-,19-/m0/s1. The summed E-state index contributed by atoms with van der Waals surface area (Å²) in [7, 11) is 0. The van der Waals surface area contributed by atoms with Gasteiger partial charge in [-0.2, -0.15) is 18.2 Å². The lowest BCUT2D eigenvalue weighted by atomic mass is 10.0. The van der Waals surface area contributed by atoms with Gasteiger partial charge in [-0.05, 0) is 41.6 Å². The third-order valence-electron chi connectivity index (χ3n) is 5.16. The van der Waals surface area contributed by atoms with E-state index in [1.165, 1.54) is 6.92 Å². The number of rotatable bonds is 3. The van der Waals surface area contributed by atoms with Crippen molar-refractivity contribution in [2.24, 2.45) is 0 Å². The van der Waals surface area contributed by atoms with Crippen molar-refractivity contribution in [3.63, 3.8) is 0 Å². The van der Waals surface area contributed by atoms with E-state index < -0.39 is 41.8 Å². The van der Waals surface area contributed by atoms with E-state index in [4.69, 9.17) is 4.74 Å². The Morgan fingerprint density at radius 2 is 1.97 bits per heavy atom. The van der Waals surface area contributed by atoms with E-state index in [0.29, 0.717) is 17.1 Å². The van der Waals surface area contributed by atoms with E-state index in [-0.39, 0.29) is 12.1 Å². The van der Waals surface area contributed by atoms with Crippen LogP contribution in [0.1, 0.15) is 29.7 Å². The highest BCUT2D eigenvalue weighted by atomic mass is 19.4. The lowest BCUT2D eigenvalue weighted by Crippen LogP contribution is -2.60. The first-order chi connectivity index (χ1) is 15.6. The number of nitrogens with one attached hydrogen (secondary N) is 2. The van der Waals surface area contributed by atoms with Crippen molar-refractivity contribution in [3.8, 4) is 0 Å². The van der Waals surface area contributed by atoms with Crippen LogP contribution in [-0.4, -0.2) is 28.2 Å². The molecule has 1 aromatic heterocycles. The number of nitrogens with zero attached hydrogens (tertiary/aromatic N) is 2. The Kier molecular flexibility index (Phi) is 5.90. The molecule has 1 aliphatic rings. The summed E-state index contributed by atoms with van der Waals surface area (Å²) in [6, 6.07) is 7.71. The second-order valence-corrected chi connectivity index (χ2v) is 7.51. The second-order valence-electron chi connectivity index (χ2n) is 7.51. The Labute approximate surface area is 185 Å². The van der Waals surface area contributed by atoms with Crippen molar-refractivity contribution < 1.29 is 31.9 Å². The molecule has 0 aliphatic carbocycles. The van der Waals surface area contributed by atoms with Crippen LogP contribution in [0.4, 0.5) is 27.2 Å². The molecule has 0 spiro atoms. The predicted octanol–water partition coefficient (Wildman–Crippen LogP) is 4.69. The average molecular weight is 462 g/mol. The van der Waals surface area contributed by atoms with Gasteiger partial charge in [0.05, 0.1) is 11.6 Å². The van der Waals surface area contributed by atoms with Crippen LogP contribution in [0.15, 0.2) is 54.9 Å². The van der Waals surface area contributed by atoms with E-state index >= 15 is 0 Å². The molecule has 7 nitrogen and oxygen atoms in total. The number of cyclic esters (lactones) is 1. The lowest BCUT2D eigenvalue weighted by Gasteiger charge is -2.36. The zero-order valence-electron chi connectivity index (χ0n) is 17.2. The van der Waals surface area contributed by atoms with Gasteiger partial charge in [0, 0.05) is 24.3 Å². The van der Waals surface area contributed by atoms with Gasteiger partial charge in [0.15, 0.2) is 0 Å². The minimum atomic E-state index is -4.77. The number of aromatic nitrogens is 1. The van der Waals surface area contributed by atoms with Crippen molar-refractivity contribution in [1.82, 2.24) is 20.7 Å². The molecule has 0 radical (unpaired) electrons. The summed E-state index contributed by atoms with van der Waals surface area (Å²) in [5.74, 6) is -1.12. The molecule has 172 valence electrons. The van der Waals surface area contributed by atoms with E-state index in [2.05, 4.69) is 15.7 Å². The fourth-order valence-corrected chi connectivity index (χ4v) is 3.60. The summed E-state index contributed by atoms with van der Waals surface area (Å²) in [6.45, 7) is 1.56. The first-order valence-electron chi connectivity index (χ1n) is 9.87. The number of hydrogen-bond donors (Lipinski definition) is 2. The molecule has 2 atom stereocenters. The summed E-state index contributed by atoms with van der Waals surface area (Å²) in [6.07, 6.45) is -3.87. The zero-order chi connectivity index (χ0) is 23.8. The van der Waals surface area contributed by atoms with Gasteiger partial charge < -0.3 is 10.1 Å². The number of amides is 3. The number of hydrogen-bond acceptors (Lipinski definition) is 5. The normalized spacial score (nSPS) is 18.8. The molecular formula is C22H18F4N4O3. The van der Waals surface area contributed by atoms with Crippen LogP contribution < -0.4 is 10.7 Å². The van der Waals surface area contributed by atoms with E-state index in [9.17, 15) is 27.2 Å². The fourth-order valence-electron chi connectivity index (χ4n) is 3.60. The minimum absolute atomic E-state index is 0.0648. The molecule has 33 heavy (non-hydrogen) atoms. The summed E-state index contributed by atoms with van der Waals surface area (Å²) in [5, 5.41) is 4.92. The topological polar surface area (TPSA) is 83.6 Å². The SMILES string of the molecule is C[C@@H]1NN(C(=O)NCc2cncc3ccccc23)C(=O)O[C@@H]1c1cc(F)cc(C(F)(F)F)c1. The van der Waals surface area contributed by atoms with Crippen LogP contribution in [0.2, 0.25) is 0 Å². The molecule has 0 saturated carbocycles. The second kappa shape index (κ2) is 8.66. The predicted molar refractivity (Wildman–Crippen MR) is 109 cm³/mol. The summed E-state index contributed by atoms with van der Waals surface area (Å²) < 4.78 is 58.0. The van der Waals surface area contributed by atoms with Crippen LogP contribution in [-0.2, 0) is 17.5 Å². The highest BCUT2D eigenvalue weighted by molar-refractivity contribution is 5.91. The number of benzene rings is 2. The van der Waals surface area contributed by atoms with Crippen LogP contribution in [0.3, 0.4) is 0 Å². The highest BCUT2D eigenvalue weighted by Crippen LogP contribution is 2.34. The molecule has 0 unspecified atom stereocenters. The van der Waals surface area contributed by atoms with E-state index in [1.807, 2.05) is 24.3 Å². The summed E-state index contributed by atoms with van der Waals surface area (Å²) in [5.41, 5.74) is 1.93. The maximum atomic E-state index is 13.8. The molecule has 2 N–H and O–H groups in total. The quantitative estimate of drug-likeness (QED) is 0.552. The summed E-state index contributed by atoms with van der Waals surface area (Å²) in [4.78, 5) is 29.1. The number of urea groups is 1. The number of halogens is 4. The van der Waals surface area contributed by atoms with Gasteiger partial charge in [-0.1, -0.05) is 24.3 Å². The van der Waals surface area contributed by atoms with Gasteiger partial charge in [0.2, 0.25) is 0 Å². The van der Waals surface area contributed by atoms with Gasteiger partial charge in [-0.25, -0.2) is 19.4 Å². The third-order valence-corrected chi connectivity index (χ3v) is 5.16. The highest BCUT2D eigenvalue weighted by Gasteiger charge is 2.39. The van der Waals surface area contributed by atoms with Gasteiger partial charge in [-0.3, -0.25) is 4.98 Å². The molecule has 3 amide bonds. The maximum Gasteiger partial charge on any atom is 0.433 e. The Morgan fingerprint density at radius 3 is 2.73 bits per heavy atom. The van der Waals surface area contributed by atoms with E-state index in [1.54, 1.807) is 12.4 Å².